The maximum atomic E-state index is 9.81. The van der Waals surface area contributed by atoms with E-state index in [0.29, 0.717) is 10.8 Å². The molecule has 0 radical (unpaired) electrons. The van der Waals surface area contributed by atoms with Crippen molar-refractivity contribution in [2.24, 2.45) is 0 Å². The topological polar surface area (TPSA) is 29.5 Å². The van der Waals surface area contributed by atoms with Crippen LogP contribution in [0.3, 0.4) is 0 Å². The molecule has 0 saturated heterocycles. The summed E-state index contributed by atoms with van der Waals surface area (Å²) in [4.78, 5) is 0. The summed E-state index contributed by atoms with van der Waals surface area (Å²) in [5.74, 6) is 0.641. The van der Waals surface area contributed by atoms with Crippen molar-refractivity contribution in [1.82, 2.24) is 0 Å². The van der Waals surface area contributed by atoms with Gasteiger partial charge in [-0.1, -0.05) is 34.0 Å². The lowest BCUT2D eigenvalue weighted by molar-refractivity contribution is 0.00690. The summed E-state index contributed by atoms with van der Waals surface area (Å²) in [6.07, 6.45) is 3.39. The van der Waals surface area contributed by atoms with Crippen molar-refractivity contribution in [3.8, 4) is 5.75 Å². The Labute approximate surface area is 109 Å². The van der Waals surface area contributed by atoms with Crippen LogP contribution in [0.5, 0.6) is 5.75 Å². The van der Waals surface area contributed by atoms with Crippen LogP contribution < -0.4 is 4.74 Å². The molecule has 2 rings (SSSR count). The number of ether oxygens (including phenoxy) is 1. The average molecular weight is 306 g/mol. The average Bonchev–Trinajstić information content (AvgIpc) is 2.27. The lowest BCUT2D eigenvalue weighted by atomic mass is 9.95. The summed E-state index contributed by atoms with van der Waals surface area (Å²) in [6.45, 7) is 0. The SMILES string of the molecule is O[C@@H]1CCCC[C@H]1Oc1cc(Br)ccc1Cl. The molecule has 0 aliphatic heterocycles. The number of hydrogen-bond acceptors (Lipinski definition) is 2. The van der Waals surface area contributed by atoms with E-state index in [1.807, 2.05) is 12.1 Å². The molecule has 0 unspecified atom stereocenters. The van der Waals surface area contributed by atoms with Crippen LogP contribution in [0.25, 0.3) is 0 Å². The molecule has 2 nitrogen and oxygen atoms in total. The second-order valence-corrected chi connectivity index (χ2v) is 5.41. The second kappa shape index (κ2) is 5.39. The molecule has 1 N–H and O–H groups in total. The van der Waals surface area contributed by atoms with E-state index in [1.165, 1.54) is 0 Å². The van der Waals surface area contributed by atoms with E-state index in [-0.39, 0.29) is 12.2 Å². The highest BCUT2D eigenvalue weighted by atomic mass is 79.9. The fraction of sp³-hybridized carbons (Fsp3) is 0.500. The Morgan fingerprint density at radius 1 is 1.31 bits per heavy atom. The summed E-state index contributed by atoms with van der Waals surface area (Å²) >= 11 is 9.41. The quantitative estimate of drug-likeness (QED) is 0.901. The minimum atomic E-state index is -0.371. The predicted molar refractivity (Wildman–Crippen MR) is 68.0 cm³/mol. The van der Waals surface area contributed by atoms with Crippen molar-refractivity contribution in [3.63, 3.8) is 0 Å². The fourth-order valence-electron chi connectivity index (χ4n) is 1.95. The molecule has 0 aromatic heterocycles. The van der Waals surface area contributed by atoms with Crippen molar-refractivity contribution in [2.75, 3.05) is 0 Å². The van der Waals surface area contributed by atoms with Crippen LogP contribution in [0.1, 0.15) is 25.7 Å². The van der Waals surface area contributed by atoms with E-state index in [4.69, 9.17) is 16.3 Å². The summed E-state index contributed by atoms with van der Waals surface area (Å²) in [5.41, 5.74) is 0. The van der Waals surface area contributed by atoms with Crippen LogP contribution in [0, 0.1) is 0 Å². The molecule has 0 bridgehead atoms. The summed E-state index contributed by atoms with van der Waals surface area (Å²) < 4.78 is 6.70. The molecule has 2 atom stereocenters. The molecule has 1 fully saturated rings. The Morgan fingerprint density at radius 2 is 2.06 bits per heavy atom. The highest BCUT2D eigenvalue weighted by molar-refractivity contribution is 9.10. The van der Waals surface area contributed by atoms with Gasteiger partial charge in [-0.25, -0.2) is 0 Å². The Kier molecular flexibility index (Phi) is 4.11. The van der Waals surface area contributed by atoms with Crippen molar-refractivity contribution in [1.29, 1.82) is 0 Å². The van der Waals surface area contributed by atoms with Gasteiger partial charge in [0.2, 0.25) is 0 Å². The van der Waals surface area contributed by atoms with Crippen LogP contribution >= 0.6 is 27.5 Å². The van der Waals surface area contributed by atoms with Gasteiger partial charge in [0.25, 0.3) is 0 Å². The lowest BCUT2D eigenvalue weighted by Gasteiger charge is -2.28. The number of aliphatic hydroxyl groups excluding tert-OH is 1. The maximum absolute atomic E-state index is 9.81. The Morgan fingerprint density at radius 3 is 2.81 bits per heavy atom. The number of hydrogen-bond donors (Lipinski definition) is 1. The number of halogens is 2. The second-order valence-electron chi connectivity index (χ2n) is 4.08. The molecule has 0 amide bonds. The van der Waals surface area contributed by atoms with Crippen molar-refractivity contribution in [2.45, 2.75) is 37.9 Å². The lowest BCUT2D eigenvalue weighted by Crippen LogP contribution is -2.34. The van der Waals surface area contributed by atoms with Crippen LogP contribution in [0.15, 0.2) is 22.7 Å². The number of aliphatic hydroxyl groups is 1. The molecule has 1 aromatic rings. The van der Waals surface area contributed by atoms with Crippen molar-refractivity contribution >= 4 is 27.5 Å². The highest BCUT2D eigenvalue weighted by Crippen LogP contribution is 2.31. The third-order valence-corrected chi connectivity index (χ3v) is 3.64. The number of benzene rings is 1. The molecule has 88 valence electrons. The Hall–Kier alpha value is -0.250. The molecule has 1 aliphatic carbocycles. The molecule has 0 spiro atoms. The summed E-state index contributed by atoms with van der Waals surface area (Å²) in [5, 5.41) is 10.4. The van der Waals surface area contributed by atoms with Crippen molar-refractivity contribution in [3.05, 3.63) is 27.7 Å². The van der Waals surface area contributed by atoms with Gasteiger partial charge in [-0.3, -0.25) is 0 Å². The minimum Gasteiger partial charge on any atom is -0.486 e. The minimum absolute atomic E-state index is 0.124. The van der Waals surface area contributed by atoms with Gasteiger partial charge in [-0.15, -0.1) is 0 Å². The van der Waals surface area contributed by atoms with Gasteiger partial charge in [0.15, 0.2) is 0 Å². The Bertz CT molecular complexity index is 370. The molecule has 1 aliphatic rings. The van der Waals surface area contributed by atoms with Gasteiger partial charge in [0, 0.05) is 4.47 Å². The van der Waals surface area contributed by atoms with Crippen LogP contribution in [-0.2, 0) is 0 Å². The number of rotatable bonds is 2. The molecule has 0 heterocycles. The first kappa shape index (κ1) is 12.2. The van der Waals surface area contributed by atoms with Crippen LogP contribution in [-0.4, -0.2) is 17.3 Å². The van der Waals surface area contributed by atoms with Gasteiger partial charge < -0.3 is 9.84 Å². The monoisotopic (exact) mass is 304 g/mol. The summed E-state index contributed by atoms with van der Waals surface area (Å²) in [6, 6.07) is 5.49. The molecule has 4 heteroatoms. The first-order chi connectivity index (χ1) is 7.66. The third kappa shape index (κ3) is 2.90. The van der Waals surface area contributed by atoms with E-state index in [1.54, 1.807) is 6.07 Å². The zero-order valence-electron chi connectivity index (χ0n) is 8.83. The normalized spacial score (nSPS) is 25.4. The van der Waals surface area contributed by atoms with Gasteiger partial charge in [-0.05, 0) is 37.5 Å². The zero-order chi connectivity index (χ0) is 11.5. The Balaban J connectivity index is 2.10. The smallest absolute Gasteiger partial charge is 0.139 e. The van der Waals surface area contributed by atoms with Gasteiger partial charge in [0.05, 0.1) is 11.1 Å². The molecular formula is C12H14BrClO2. The predicted octanol–water partition coefficient (Wildman–Crippen LogP) is 3.78. The standard InChI is InChI=1S/C12H14BrClO2/c13-8-5-6-9(14)12(7-8)16-11-4-2-1-3-10(11)15/h5-7,10-11,15H,1-4H2/t10-,11-/m1/s1. The molecule has 1 saturated carbocycles. The van der Waals surface area contributed by atoms with E-state index >= 15 is 0 Å². The van der Waals surface area contributed by atoms with E-state index in [9.17, 15) is 5.11 Å². The highest BCUT2D eigenvalue weighted by Gasteiger charge is 2.25. The first-order valence-corrected chi connectivity index (χ1v) is 6.63. The zero-order valence-corrected chi connectivity index (χ0v) is 11.2. The first-order valence-electron chi connectivity index (χ1n) is 5.46. The van der Waals surface area contributed by atoms with E-state index in [2.05, 4.69) is 15.9 Å². The van der Waals surface area contributed by atoms with Gasteiger partial charge >= 0.3 is 0 Å². The van der Waals surface area contributed by atoms with Crippen LogP contribution in [0.4, 0.5) is 0 Å². The summed E-state index contributed by atoms with van der Waals surface area (Å²) in [7, 11) is 0. The molecule has 1 aromatic carbocycles. The largest absolute Gasteiger partial charge is 0.486 e. The fourth-order valence-corrected chi connectivity index (χ4v) is 2.45. The van der Waals surface area contributed by atoms with Gasteiger partial charge in [-0.2, -0.15) is 0 Å². The van der Waals surface area contributed by atoms with Gasteiger partial charge in [0.1, 0.15) is 11.9 Å². The molecular weight excluding hydrogens is 291 g/mol. The van der Waals surface area contributed by atoms with Crippen molar-refractivity contribution < 1.29 is 9.84 Å². The van der Waals surface area contributed by atoms with E-state index < -0.39 is 0 Å². The third-order valence-electron chi connectivity index (χ3n) is 2.84. The molecule has 16 heavy (non-hydrogen) atoms. The maximum Gasteiger partial charge on any atom is 0.139 e. The van der Waals surface area contributed by atoms with Crippen LogP contribution in [0.2, 0.25) is 5.02 Å². The van der Waals surface area contributed by atoms with E-state index in [0.717, 1.165) is 30.2 Å².